The number of hydrogen-bond donors (Lipinski definition) is 0. The molecular weight excluding hydrogens is 282 g/mol. The zero-order chi connectivity index (χ0) is 16.7. The van der Waals surface area contributed by atoms with Crippen molar-refractivity contribution in [1.29, 1.82) is 0 Å². The van der Waals surface area contributed by atoms with Crippen LogP contribution in [0.4, 0.5) is 10.1 Å². The molecule has 1 atom stereocenters. The van der Waals surface area contributed by atoms with Gasteiger partial charge in [-0.1, -0.05) is 24.3 Å². The molecule has 0 aliphatic rings. The number of benzene rings is 2. The standard InChI is InChI=1S/C13H11BFNO2.C3H9N/c14-13(9-1-5-11(15)6-2-9)10-3-7-12(8-4-10)16(17)18;1-4(2)3/h1-8,13H,14H2;1-3H3. The molecule has 6 heteroatoms. The molecular formula is C16H20BFN2O2. The van der Waals surface area contributed by atoms with Crippen LogP contribution < -0.4 is 0 Å². The molecule has 0 heterocycles. The molecule has 0 spiro atoms. The molecule has 0 fully saturated rings. The Morgan fingerprint density at radius 2 is 1.36 bits per heavy atom. The second-order valence-electron chi connectivity index (χ2n) is 5.46. The Morgan fingerprint density at radius 1 is 1.00 bits per heavy atom. The number of nitro benzene ring substituents is 1. The molecule has 1 unspecified atom stereocenters. The zero-order valence-corrected chi connectivity index (χ0v) is 13.3. The highest BCUT2D eigenvalue weighted by Gasteiger charge is 2.10. The third-order valence-electron chi connectivity index (χ3n) is 2.97. The van der Waals surface area contributed by atoms with Crippen molar-refractivity contribution in [3.63, 3.8) is 0 Å². The average Bonchev–Trinajstić information content (AvgIpc) is 2.47. The van der Waals surface area contributed by atoms with Gasteiger partial charge in [-0.05, 0) is 50.2 Å². The lowest BCUT2D eigenvalue weighted by Crippen LogP contribution is -2.00. The molecule has 0 N–H and O–H groups in total. The average molecular weight is 302 g/mol. The first-order valence-electron chi connectivity index (χ1n) is 6.92. The molecule has 0 saturated heterocycles. The van der Waals surface area contributed by atoms with Crippen molar-refractivity contribution in [3.05, 3.63) is 75.6 Å². The van der Waals surface area contributed by atoms with E-state index in [0.29, 0.717) is 0 Å². The van der Waals surface area contributed by atoms with Crippen molar-refractivity contribution < 1.29 is 9.31 Å². The van der Waals surface area contributed by atoms with Crippen LogP contribution in [0.1, 0.15) is 16.9 Å². The van der Waals surface area contributed by atoms with Gasteiger partial charge in [-0.2, -0.15) is 0 Å². The van der Waals surface area contributed by atoms with E-state index >= 15 is 0 Å². The second-order valence-corrected chi connectivity index (χ2v) is 5.46. The van der Waals surface area contributed by atoms with E-state index in [1.54, 1.807) is 24.3 Å². The first-order valence-corrected chi connectivity index (χ1v) is 6.92. The number of non-ortho nitro benzene ring substituents is 1. The van der Waals surface area contributed by atoms with Crippen molar-refractivity contribution in [2.45, 2.75) is 5.82 Å². The minimum absolute atomic E-state index is 0.0741. The van der Waals surface area contributed by atoms with Crippen LogP contribution in [0.5, 0.6) is 0 Å². The van der Waals surface area contributed by atoms with Gasteiger partial charge in [0.2, 0.25) is 0 Å². The van der Waals surface area contributed by atoms with Crippen LogP contribution in [-0.4, -0.2) is 38.8 Å². The third-order valence-corrected chi connectivity index (χ3v) is 2.97. The Morgan fingerprint density at radius 3 is 1.73 bits per heavy atom. The minimum Gasteiger partial charge on any atom is -0.312 e. The summed E-state index contributed by atoms with van der Waals surface area (Å²) in [5.74, 6) is -0.193. The largest absolute Gasteiger partial charge is 0.312 e. The van der Waals surface area contributed by atoms with Crippen LogP contribution in [0.3, 0.4) is 0 Å². The van der Waals surface area contributed by atoms with Gasteiger partial charge in [0.1, 0.15) is 13.7 Å². The second kappa shape index (κ2) is 8.29. The van der Waals surface area contributed by atoms with E-state index < -0.39 is 4.92 Å². The highest BCUT2D eigenvalue weighted by atomic mass is 19.1. The maximum Gasteiger partial charge on any atom is 0.269 e. The predicted octanol–water partition coefficient (Wildman–Crippen LogP) is 2.63. The fourth-order valence-corrected chi connectivity index (χ4v) is 1.83. The van der Waals surface area contributed by atoms with Crippen molar-refractivity contribution >= 4 is 13.5 Å². The quantitative estimate of drug-likeness (QED) is 0.497. The van der Waals surface area contributed by atoms with E-state index in [4.69, 9.17) is 0 Å². The number of nitro groups is 1. The van der Waals surface area contributed by atoms with Crippen LogP contribution >= 0.6 is 0 Å². The lowest BCUT2D eigenvalue weighted by atomic mass is 9.76. The van der Waals surface area contributed by atoms with Crippen LogP contribution in [0.25, 0.3) is 0 Å². The van der Waals surface area contributed by atoms with E-state index in [9.17, 15) is 14.5 Å². The molecule has 2 rings (SSSR count). The summed E-state index contributed by atoms with van der Waals surface area (Å²) < 4.78 is 12.8. The van der Waals surface area contributed by atoms with Gasteiger partial charge in [0.05, 0.1) is 4.92 Å². The van der Waals surface area contributed by atoms with Crippen LogP contribution in [-0.2, 0) is 0 Å². The molecule has 2 aromatic rings. The highest BCUT2D eigenvalue weighted by molar-refractivity contribution is 6.14. The Labute approximate surface area is 131 Å². The number of nitrogens with zero attached hydrogens (tertiary/aromatic N) is 2. The van der Waals surface area contributed by atoms with Crippen molar-refractivity contribution in [1.82, 2.24) is 4.90 Å². The van der Waals surface area contributed by atoms with Gasteiger partial charge in [0.15, 0.2) is 0 Å². The number of halogens is 1. The zero-order valence-electron chi connectivity index (χ0n) is 13.3. The summed E-state index contributed by atoms with van der Waals surface area (Å²) >= 11 is 0. The van der Waals surface area contributed by atoms with Gasteiger partial charge in [0.25, 0.3) is 5.69 Å². The molecule has 116 valence electrons. The monoisotopic (exact) mass is 302 g/mol. The van der Waals surface area contributed by atoms with Crippen LogP contribution in [0, 0.1) is 15.9 Å². The SMILES string of the molecule is BC(c1ccc(F)cc1)c1ccc([N+](=O)[O-])cc1.CN(C)C. The Bertz CT molecular complexity index is 598. The molecule has 4 nitrogen and oxygen atoms in total. The number of hydrogen-bond acceptors (Lipinski definition) is 3. The third kappa shape index (κ3) is 5.65. The molecule has 0 saturated carbocycles. The normalized spacial score (nSPS) is 11.5. The predicted molar refractivity (Wildman–Crippen MR) is 89.5 cm³/mol. The van der Waals surface area contributed by atoms with Crippen molar-refractivity contribution in [2.24, 2.45) is 0 Å². The van der Waals surface area contributed by atoms with E-state index in [1.807, 2.05) is 33.9 Å². The topological polar surface area (TPSA) is 46.4 Å². The summed E-state index contributed by atoms with van der Waals surface area (Å²) in [5.41, 5.74) is 2.02. The van der Waals surface area contributed by atoms with E-state index in [0.717, 1.165) is 11.1 Å². The van der Waals surface area contributed by atoms with Crippen LogP contribution in [0.2, 0.25) is 0 Å². The summed E-state index contributed by atoms with van der Waals surface area (Å²) in [6, 6.07) is 12.7. The maximum atomic E-state index is 12.8. The van der Waals surface area contributed by atoms with Gasteiger partial charge in [-0.15, -0.1) is 0 Å². The molecule has 2 aromatic carbocycles. The van der Waals surface area contributed by atoms with Gasteiger partial charge in [0, 0.05) is 12.1 Å². The fraction of sp³-hybridized carbons (Fsp3) is 0.250. The Balaban J connectivity index is 0.000000541. The molecule has 22 heavy (non-hydrogen) atoms. The highest BCUT2D eigenvalue weighted by Crippen LogP contribution is 2.23. The van der Waals surface area contributed by atoms with Crippen molar-refractivity contribution in [3.8, 4) is 0 Å². The smallest absolute Gasteiger partial charge is 0.269 e. The van der Waals surface area contributed by atoms with Gasteiger partial charge < -0.3 is 4.90 Å². The molecule has 0 bridgehead atoms. The summed E-state index contributed by atoms with van der Waals surface area (Å²) in [4.78, 5) is 12.1. The lowest BCUT2D eigenvalue weighted by Gasteiger charge is -2.12. The minimum atomic E-state index is -0.424. The first-order chi connectivity index (χ1) is 10.3. The molecule has 0 aliphatic heterocycles. The Hall–Kier alpha value is -2.21. The van der Waals surface area contributed by atoms with Crippen molar-refractivity contribution in [2.75, 3.05) is 21.1 Å². The molecule has 0 amide bonds. The summed E-state index contributed by atoms with van der Waals surface area (Å²) in [5, 5.41) is 10.6. The summed E-state index contributed by atoms with van der Waals surface area (Å²) in [7, 11) is 7.98. The fourth-order valence-electron chi connectivity index (χ4n) is 1.83. The maximum absolute atomic E-state index is 12.8. The lowest BCUT2D eigenvalue weighted by molar-refractivity contribution is -0.384. The Kier molecular flexibility index (Phi) is 6.72. The van der Waals surface area contributed by atoms with Gasteiger partial charge in [-0.25, -0.2) is 4.39 Å². The first kappa shape index (κ1) is 17.8. The van der Waals surface area contributed by atoms with E-state index in [-0.39, 0.29) is 17.3 Å². The van der Waals surface area contributed by atoms with E-state index in [1.165, 1.54) is 24.3 Å². The summed E-state index contributed by atoms with van der Waals surface area (Å²) in [6.45, 7) is 0. The number of rotatable bonds is 3. The van der Waals surface area contributed by atoms with Crippen LogP contribution in [0.15, 0.2) is 48.5 Å². The molecule has 0 aromatic heterocycles. The molecule has 0 radical (unpaired) electrons. The summed E-state index contributed by atoms with van der Waals surface area (Å²) in [6.07, 6.45) is 0. The molecule has 0 aliphatic carbocycles. The van der Waals surface area contributed by atoms with Gasteiger partial charge >= 0.3 is 0 Å². The van der Waals surface area contributed by atoms with E-state index in [2.05, 4.69) is 0 Å². The van der Waals surface area contributed by atoms with Gasteiger partial charge in [-0.3, -0.25) is 10.1 Å².